The van der Waals surface area contributed by atoms with Crippen LogP contribution in [0.2, 0.25) is 0 Å². The monoisotopic (exact) mass is 287 g/mol. The lowest BCUT2D eigenvalue weighted by Gasteiger charge is -2.15. The Morgan fingerprint density at radius 3 is 2.71 bits per heavy atom. The molecule has 0 bridgehead atoms. The van der Waals surface area contributed by atoms with Crippen LogP contribution in [-0.2, 0) is 4.79 Å². The smallest absolute Gasteiger partial charge is 0.226 e. The van der Waals surface area contributed by atoms with E-state index in [2.05, 4.69) is 10.4 Å². The zero-order valence-electron chi connectivity index (χ0n) is 12.9. The Hall–Kier alpha value is -2.30. The number of hydrogen-bond donors (Lipinski definition) is 1. The van der Waals surface area contributed by atoms with Crippen molar-refractivity contribution in [3.63, 3.8) is 0 Å². The van der Waals surface area contributed by atoms with E-state index >= 15 is 0 Å². The molecule has 1 heterocycles. The second-order valence-electron chi connectivity index (χ2n) is 5.17. The third kappa shape index (κ3) is 3.62. The van der Waals surface area contributed by atoms with Crippen molar-refractivity contribution in [3.05, 3.63) is 41.7 Å². The number of amides is 1. The lowest BCUT2D eigenvalue weighted by molar-refractivity contribution is -0.116. The number of para-hydroxylation sites is 2. The molecule has 5 heteroatoms. The first-order valence-corrected chi connectivity index (χ1v) is 6.97. The highest BCUT2D eigenvalue weighted by Crippen LogP contribution is 2.24. The summed E-state index contributed by atoms with van der Waals surface area (Å²) in [5, 5.41) is 7.30. The number of nitrogens with one attached hydrogen (secondary N) is 1. The number of anilines is 1. The van der Waals surface area contributed by atoms with Crippen LogP contribution >= 0.6 is 0 Å². The number of nitrogens with zero attached hydrogens (tertiary/aromatic N) is 2. The maximum atomic E-state index is 12.2. The van der Waals surface area contributed by atoms with Gasteiger partial charge in [-0.1, -0.05) is 12.1 Å². The number of rotatable bonds is 5. The van der Waals surface area contributed by atoms with E-state index in [1.54, 1.807) is 7.11 Å². The molecule has 2 aromatic rings. The Labute approximate surface area is 124 Å². The summed E-state index contributed by atoms with van der Waals surface area (Å²) in [4.78, 5) is 12.2. The highest BCUT2D eigenvalue weighted by Gasteiger charge is 2.15. The Morgan fingerprint density at radius 1 is 1.38 bits per heavy atom. The molecule has 112 valence electrons. The van der Waals surface area contributed by atoms with Crippen molar-refractivity contribution in [2.24, 2.45) is 0 Å². The van der Waals surface area contributed by atoms with E-state index in [9.17, 15) is 4.79 Å². The Morgan fingerprint density at radius 2 is 2.10 bits per heavy atom. The topological polar surface area (TPSA) is 56.1 Å². The molecule has 0 aliphatic heterocycles. The first kappa shape index (κ1) is 15.1. The maximum absolute atomic E-state index is 12.2. The van der Waals surface area contributed by atoms with Crippen molar-refractivity contribution < 1.29 is 9.53 Å². The molecule has 1 atom stereocenters. The van der Waals surface area contributed by atoms with Crippen molar-refractivity contribution >= 4 is 11.6 Å². The van der Waals surface area contributed by atoms with Gasteiger partial charge in [0.05, 0.1) is 24.5 Å². The minimum Gasteiger partial charge on any atom is -0.495 e. The lowest BCUT2D eigenvalue weighted by Crippen LogP contribution is -2.19. The van der Waals surface area contributed by atoms with Crippen molar-refractivity contribution in [1.82, 2.24) is 9.78 Å². The van der Waals surface area contributed by atoms with Crippen LogP contribution in [0.3, 0.4) is 0 Å². The van der Waals surface area contributed by atoms with E-state index < -0.39 is 0 Å². The van der Waals surface area contributed by atoms with Gasteiger partial charge in [-0.25, -0.2) is 0 Å². The Kier molecular flexibility index (Phi) is 4.62. The molecule has 21 heavy (non-hydrogen) atoms. The minimum absolute atomic E-state index is 0.00778. The highest BCUT2D eigenvalue weighted by atomic mass is 16.5. The van der Waals surface area contributed by atoms with Crippen LogP contribution in [0.25, 0.3) is 0 Å². The Balaban J connectivity index is 2.03. The largest absolute Gasteiger partial charge is 0.495 e. The molecule has 0 aliphatic carbocycles. The van der Waals surface area contributed by atoms with Crippen molar-refractivity contribution in [1.29, 1.82) is 0 Å². The number of hydrogen-bond acceptors (Lipinski definition) is 3. The van der Waals surface area contributed by atoms with E-state index in [1.165, 1.54) is 0 Å². The molecule has 1 aromatic carbocycles. The van der Waals surface area contributed by atoms with Gasteiger partial charge in [-0.15, -0.1) is 0 Å². The zero-order valence-corrected chi connectivity index (χ0v) is 12.9. The SMILES string of the molecule is COc1ccccc1NC(=O)C[C@@H](C)n1nc(C)cc1C. The highest BCUT2D eigenvalue weighted by molar-refractivity contribution is 5.92. The van der Waals surface area contributed by atoms with Crippen molar-refractivity contribution in [2.75, 3.05) is 12.4 Å². The lowest BCUT2D eigenvalue weighted by atomic mass is 10.2. The van der Waals surface area contributed by atoms with Gasteiger partial charge in [-0.05, 0) is 39.0 Å². The van der Waals surface area contributed by atoms with Gasteiger partial charge in [0, 0.05) is 12.1 Å². The summed E-state index contributed by atoms with van der Waals surface area (Å²) in [6.45, 7) is 5.93. The van der Waals surface area contributed by atoms with Gasteiger partial charge in [0.1, 0.15) is 5.75 Å². The van der Waals surface area contributed by atoms with E-state index in [0.717, 1.165) is 11.4 Å². The second kappa shape index (κ2) is 6.43. The van der Waals surface area contributed by atoms with E-state index in [1.807, 2.05) is 55.8 Å². The summed E-state index contributed by atoms with van der Waals surface area (Å²) >= 11 is 0. The molecule has 0 radical (unpaired) electrons. The van der Waals surface area contributed by atoms with Crippen LogP contribution < -0.4 is 10.1 Å². The summed E-state index contributed by atoms with van der Waals surface area (Å²) in [5.41, 5.74) is 2.71. The summed E-state index contributed by atoms with van der Waals surface area (Å²) in [6.07, 6.45) is 0.361. The molecule has 1 N–H and O–H groups in total. The fourth-order valence-corrected chi connectivity index (χ4v) is 2.40. The Bertz CT molecular complexity index is 634. The number of carbonyl (C=O) groups is 1. The van der Waals surface area contributed by atoms with Gasteiger partial charge >= 0.3 is 0 Å². The molecule has 1 aromatic heterocycles. The number of aromatic nitrogens is 2. The normalized spacial score (nSPS) is 12.0. The molecule has 0 fully saturated rings. The van der Waals surface area contributed by atoms with Gasteiger partial charge in [0.25, 0.3) is 0 Å². The van der Waals surface area contributed by atoms with Gasteiger partial charge in [0.15, 0.2) is 0 Å². The quantitative estimate of drug-likeness (QED) is 0.919. The second-order valence-corrected chi connectivity index (χ2v) is 5.17. The molecule has 0 spiro atoms. The summed E-state index contributed by atoms with van der Waals surface area (Å²) in [7, 11) is 1.59. The summed E-state index contributed by atoms with van der Waals surface area (Å²) < 4.78 is 7.11. The van der Waals surface area contributed by atoms with Crippen LogP contribution in [0.1, 0.15) is 30.8 Å². The third-order valence-electron chi connectivity index (χ3n) is 3.32. The van der Waals surface area contributed by atoms with E-state index in [4.69, 9.17) is 4.74 Å². The zero-order chi connectivity index (χ0) is 15.4. The van der Waals surface area contributed by atoms with Gasteiger partial charge < -0.3 is 10.1 Å². The number of benzene rings is 1. The molecule has 2 rings (SSSR count). The van der Waals surface area contributed by atoms with Crippen LogP contribution in [0.4, 0.5) is 5.69 Å². The molecule has 0 saturated carbocycles. The van der Waals surface area contributed by atoms with E-state index in [-0.39, 0.29) is 11.9 Å². The first-order valence-electron chi connectivity index (χ1n) is 6.97. The van der Waals surface area contributed by atoms with Crippen LogP contribution in [0.15, 0.2) is 30.3 Å². The number of ether oxygens (including phenoxy) is 1. The number of carbonyl (C=O) groups excluding carboxylic acids is 1. The maximum Gasteiger partial charge on any atom is 0.226 e. The van der Waals surface area contributed by atoms with Crippen molar-refractivity contribution in [2.45, 2.75) is 33.2 Å². The third-order valence-corrected chi connectivity index (χ3v) is 3.32. The molecule has 0 saturated heterocycles. The summed E-state index contributed by atoms with van der Waals surface area (Å²) in [6, 6.07) is 9.39. The molecule has 5 nitrogen and oxygen atoms in total. The van der Waals surface area contributed by atoms with E-state index in [0.29, 0.717) is 17.9 Å². The molecular weight excluding hydrogens is 266 g/mol. The molecule has 0 aliphatic rings. The average molecular weight is 287 g/mol. The van der Waals surface area contributed by atoms with Crippen LogP contribution in [0, 0.1) is 13.8 Å². The number of methoxy groups -OCH3 is 1. The van der Waals surface area contributed by atoms with Gasteiger partial charge in [0.2, 0.25) is 5.91 Å². The predicted molar refractivity (Wildman–Crippen MR) is 82.7 cm³/mol. The molecule has 1 amide bonds. The average Bonchev–Trinajstić information content (AvgIpc) is 2.78. The van der Waals surface area contributed by atoms with Gasteiger partial charge in [-0.2, -0.15) is 5.10 Å². The first-order chi connectivity index (χ1) is 10.0. The van der Waals surface area contributed by atoms with Crippen molar-refractivity contribution in [3.8, 4) is 5.75 Å². The minimum atomic E-state index is -0.0560. The predicted octanol–water partition coefficient (Wildman–Crippen LogP) is 3.10. The molecular formula is C16H21N3O2. The van der Waals surface area contributed by atoms with Crippen LogP contribution in [-0.4, -0.2) is 22.8 Å². The summed E-state index contributed by atoms with van der Waals surface area (Å²) in [5.74, 6) is 0.601. The van der Waals surface area contributed by atoms with Gasteiger partial charge in [-0.3, -0.25) is 9.48 Å². The molecule has 0 unspecified atom stereocenters. The fraction of sp³-hybridized carbons (Fsp3) is 0.375. The fourth-order valence-electron chi connectivity index (χ4n) is 2.40. The van der Waals surface area contributed by atoms with Crippen LogP contribution in [0.5, 0.6) is 5.75 Å². The standard InChI is InChI=1S/C16H21N3O2/c1-11-9-12(2)19(18-11)13(3)10-16(20)17-14-7-5-6-8-15(14)21-4/h5-9,13H,10H2,1-4H3,(H,17,20)/t13-/m1/s1. The number of aryl methyl sites for hydroxylation is 2.